The average molecular weight is 566 g/mol. The molecule has 1 fully saturated rings. The highest BCUT2D eigenvalue weighted by Gasteiger charge is 2.40. The molecule has 0 aromatic heterocycles. The van der Waals surface area contributed by atoms with Gasteiger partial charge in [-0.1, -0.05) is 52.0 Å². The molecule has 0 saturated carbocycles. The molecular formula is C31H43N5O5. The van der Waals surface area contributed by atoms with E-state index in [1.165, 1.54) is 0 Å². The van der Waals surface area contributed by atoms with E-state index in [-0.39, 0.29) is 49.1 Å². The standard InChI is InChI=1S/C31H43N5O5/c1-6-17-32-35-29(40)23-9-7-21(8-10-23)22-11-13-24(14-12-22)33-26(38)15-16-27(39)34-28(31(3,4)5)30(41)36-19-25(37)18-20(36)2/h7-14,20,25,28,32,37H,6,15-19H2,1-5H3,(H,33,38)(H,34,39)(H,35,40)/t20-,25-,28?/m1/s1. The minimum Gasteiger partial charge on any atom is -0.391 e. The fourth-order valence-electron chi connectivity index (χ4n) is 4.71. The van der Waals surface area contributed by atoms with E-state index in [0.717, 1.165) is 17.5 Å². The average Bonchev–Trinajstić information content (AvgIpc) is 3.27. The van der Waals surface area contributed by atoms with Gasteiger partial charge in [0.05, 0.1) is 6.10 Å². The molecule has 3 rings (SSSR count). The van der Waals surface area contributed by atoms with Crippen molar-refractivity contribution in [2.24, 2.45) is 5.41 Å². The Morgan fingerprint density at radius 1 is 0.951 bits per heavy atom. The minimum absolute atomic E-state index is 0.0336. The van der Waals surface area contributed by atoms with E-state index in [9.17, 15) is 24.3 Å². The van der Waals surface area contributed by atoms with Crippen LogP contribution in [0.1, 0.15) is 70.7 Å². The molecule has 2 aromatic rings. The minimum atomic E-state index is -0.764. The Bertz CT molecular complexity index is 1210. The molecule has 0 aliphatic carbocycles. The van der Waals surface area contributed by atoms with E-state index in [1.807, 2.05) is 58.9 Å². The molecule has 1 saturated heterocycles. The highest BCUT2D eigenvalue weighted by molar-refractivity contribution is 5.95. The Morgan fingerprint density at radius 2 is 1.54 bits per heavy atom. The Morgan fingerprint density at radius 3 is 2.07 bits per heavy atom. The van der Waals surface area contributed by atoms with Gasteiger partial charge in [0, 0.05) is 43.2 Å². The molecule has 222 valence electrons. The number of aliphatic hydroxyl groups excluding tert-OH is 1. The molecule has 10 nitrogen and oxygen atoms in total. The molecule has 3 atom stereocenters. The third-order valence-corrected chi connectivity index (χ3v) is 7.06. The van der Waals surface area contributed by atoms with Crippen LogP contribution in [0.4, 0.5) is 5.69 Å². The molecule has 4 amide bonds. The topological polar surface area (TPSA) is 140 Å². The smallest absolute Gasteiger partial charge is 0.265 e. The van der Waals surface area contributed by atoms with Crippen molar-refractivity contribution in [1.82, 2.24) is 21.1 Å². The number of carbonyl (C=O) groups is 4. The summed E-state index contributed by atoms with van der Waals surface area (Å²) < 4.78 is 0. The first-order chi connectivity index (χ1) is 19.4. The van der Waals surface area contributed by atoms with Crippen molar-refractivity contribution in [1.29, 1.82) is 0 Å². The molecule has 0 bridgehead atoms. The van der Waals surface area contributed by atoms with E-state index in [0.29, 0.717) is 24.2 Å². The molecule has 0 radical (unpaired) electrons. The summed E-state index contributed by atoms with van der Waals surface area (Å²) in [7, 11) is 0. The summed E-state index contributed by atoms with van der Waals surface area (Å²) >= 11 is 0. The van der Waals surface area contributed by atoms with Crippen molar-refractivity contribution in [3.8, 4) is 11.1 Å². The van der Waals surface area contributed by atoms with Crippen LogP contribution in [-0.2, 0) is 14.4 Å². The maximum atomic E-state index is 13.2. The lowest BCUT2D eigenvalue weighted by atomic mass is 9.85. The van der Waals surface area contributed by atoms with Gasteiger partial charge in [-0.2, -0.15) is 0 Å². The Labute approximate surface area is 242 Å². The van der Waals surface area contributed by atoms with Crippen LogP contribution in [0, 0.1) is 5.41 Å². The lowest BCUT2D eigenvalue weighted by Gasteiger charge is -2.35. The van der Waals surface area contributed by atoms with Crippen LogP contribution < -0.4 is 21.5 Å². The van der Waals surface area contributed by atoms with Crippen LogP contribution in [0.2, 0.25) is 0 Å². The fourth-order valence-corrected chi connectivity index (χ4v) is 4.71. The van der Waals surface area contributed by atoms with E-state index >= 15 is 0 Å². The van der Waals surface area contributed by atoms with Gasteiger partial charge in [0.15, 0.2) is 0 Å². The third-order valence-electron chi connectivity index (χ3n) is 7.06. The Hall–Kier alpha value is -3.76. The number of aliphatic hydroxyl groups is 1. The van der Waals surface area contributed by atoms with Gasteiger partial charge in [-0.3, -0.25) is 24.6 Å². The molecule has 1 aliphatic rings. The van der Waals surface area contributed by atoms with Gasteiger partial charge >= 0.3 is 0 Å². The second-order valence-electron chi connectivity index (χ2n) is 11.7. The van der Waals surface area contributed by atoms with Crippen LogP contribution >= 0.6 is 0 Å². The van der Waals surface area contributed by atoms with Crippen molar-refractivity contribution in [3.63, 3.8) is 0 Å². The second-order valence-corrected chi connectivity index (χ2v) is 11.7. The lowest BCUT2D eigenvalue weighted by molar-refractivity contribution is -0.140. The first-order valence-corrected chi connectivity index (χ1v) is 14.2. The summed E-state index contributed by atoms with van der Waals surface area (Å²) in [5, 5.41) is 15.6. The van der Waals surface area contributed by atoms with Crippen LogP contribution in [0.15, 0.2) is 48.5 Å². The van der Waals surface area contributed by atoms with Crippen LogP contribution in [0.3, 0.4) is 0 Å². The normalized spacial score (nSPS) is 17.6. The van der Waals surface area contributed by atoms with Gasteiger partial charge in [-0.25, -0.2) is 5.43 Å². The number of hydrogen-bond acceptors (Lipinski definition) is 6. The number of hydrazine groups is 1. The van der Waals surface area contributed by atoms with Gasteiger partial charge in [0.2, 0.25) is 17.7 Å². The molecule has 41 heavy (non-hydrogen) atoms. The van der Waals surface area contributed by atoms with Crippen LogP contribution in [0.5, 0.6) is 0 Å². The Kier molecular flexibility index (Phi) is 11.0. The number of nitrogens with one attached hydrogen (secondary N) is 4. The van der Waals surface area contributed by atoms with Gasteiger partial charge in [0.1, 0.15) is 6.04 Å². The van der Waals surface area contributed by atoms with Gasteiger partial charge in [-0.15, -0.1) is 0 Å². The zero-order valence-corrected chi connectivity index (χ0v) is 24.6. The van der Waals surface area contributed by atoms with E-state index in [4.69, 9.17) is 0 Å². The zero-order chi connectivity index (χ0) is 30.2. The zero-order valence-electron chi connectivity index (χ0n) is 24.6. The molecule has 0 spiro atoms. The summed E-state index contributed by atoms with van der Waals surface area (Å²) in [4.78, 5) is 52.2. The highest BCUT2D eigenvalue weighted by Crippen LogP contribution is 2.26. The van der Waals surface area contributed by atoms with Crippen molar-refractivity contribution in [2.75, 3.05) is 18.4 Å². The van der Waals surface area contributed by atoms with E-state index in [2.05, 4.69) is 21.5 Å². The SMILES string of the molecule is CCCNNC(=O)c1ccc(-c2ccc(NC(=O)CCC(=O)NC(C(=O)N3C[C@H](O)C[C@H]3C)C(C)(C)C)cc2)cc1. The number of likely N-dealkylation sites (tertiary alicyclic amines) is 1. The molecule has 10 heteroatoms. The summed E-state index contributed by atoms with van der Waals surface area (Å²) in [5.74, 6) is -1.11. The first kappa shape index (κ1) is 31.8. The Balaban J connectivity index is 1.50. The third kappa shape index (κ3) is 9.12. The second kappa shape index (κ2) is 14.2. The summed E-state index contributed by atoms with van der Waals surface area (Å²) in [6.07, 6.45) is 0.773. The maximum absolute atomic E-state index is 13.2. The summed E-state index contributed by atoms with van der Waals surface area (Å²) in [6, 6.07) is 13.7. The molecule has 2 aromatic carbocycles. The first-order valence-electron chi connectivity index (χ1n) is 14.2. The van der Waals surface area contributed by atoms with Crippen LogP contribution in [0.25, 0.3) is 11.1 Å². The number of hydrogen-bond donors (Lipinski definition) is 5. The number of benzene rings is 2. The number of nitrogens with zero attached hydrogens (tertiary/aromatic N) is 1. The largest absolute Gasteiger partial charge is 0.391 e. The van der Waals surface area contributed by atoms with Gasteiger partial charge in [-0.05, 0) is 60.6 Å². The predicted octanol–water partition coefficient (Wildman–Crippen LogP) is 3.23. The fraction of sp³-hybridized carbons (Fsp3) is 0.484. The van der Waals surface area contributed by atoms with Crippen molar-refractivity contribution < 1.29 is 24.3 Å². The van der Waals surface area contributed by atoms with Crippen molar-refractivity contribution >= 4 is 29.3 Å². The highest BCUT2D eigenvalue weighted by atomic mass is 16.3. The summed E-state index contributed by atoms with van der Waals surface area (Å²) in [5.41, 5.74) is 7.99. The monoisotopic (exact) mass is 565 g/mol. The number of anilines is 1. The van der Waals surface area contributed by atoms with Crippen molar-refractivity contribution in [2.45, 2.75) is 78.5 Å². The number of β-amino-alcohol motifs (C(OH)–C–C–N with tert-alkyl or cyclic N) is 1. The lowest BCUT2D eigenvalue weighted by Crippen LogP contribution is -2.55. The molecular weight excluding hydrogens is 522 g/mol. The van der Waals surface area contributed by atoms with E-state index < -0.39 is 17.6 Å². The molecule has 1 heterocycles. The quantitative estimate of drug-likeness (QED) is 0.209. The predicted molar refractivity (Wildman–Crippen MR) is 159 cm³/mol. The van der Waals surface area contributed by atoms with Gasteiger partial charge < -0.3 is 20.6 Å². The van der Waals surface area contributed by atoms with Gasteiger partial charge in [0.25, 0.3) is 5.91 Å². The molecule has 1 aliphatic heterocycles. The number of rotatable bonds is 11. The molecule has 1 unspecified atom stereocenters. The van der Waals surface area contributed by atoms with Crippen LogP contribution in [-0.4, -0.2) is 64.9 Å². The maximum Gasteiger partial charge on any atom is 0.265 e. The van der Waals surface area contributed by atoms with E-state index in [1.54, 1.807) is 29.2 Å². The summed E-state index contributed by atoms with van der Waals surface area (Å²) in [6.45, 7) is 10.5. The number of amides is 4. The molecule has 5 N–H and O–H groups in total. The number of carbonyl (C=O) groups excluding carboxylic acids is 4. The van der Waals surface area contributed by atoms with Crippen molar-refractivity contribution in [3.05, 3.63) is 54.1 Å².